The molecule has 6 nitrogen and oxygen atoms in total. The fraction of sp³-hybridized carbons (Fsp3) is 0.231. The summed E-state index contributed by atoms with van der Waals surface area (Å²) in [7, 11) is 3.07. The third-order valence-corrected chi connectivity index (χ3v) is 6.64. The van der Waals surface area contributed by atoms with Crippen LogP contribution in [0, 0.1) is 0 Å². The maximum absolute atomic E-state index is 13.8. The fourth-order valence-corrected chi connectivity index (χ4v) is 5.11. The molecule has 3 aromatic carbocycles. The van der Waals surface area contributed by atoms with E-state index >= 15 is 0 Å². The molecular formula is C26H23ClN2O4. The molecule has 5 rings (SSSR count). The number of fused-ring (bicyclic) bond motifs is 4. The molecule has 0 spiro atoms. The summed E-state index contributed by atoms with van der Waals surface area (Å²) in [5.74, 6) is -0.0447. The van der Waals surface area contributed by atoms with E-state index in [2.05, 4.69) is 11.4 Å². The van der Waals surface area contributed by atoms with E-state index in [0.29, 0.717) is 39.9 Å². The van der Waals surface area contributed by atoms with Gasteiger partial charge in [-0.25, -0.2) is 0 Å². The molecule has 2 atom stereocenters. The first-order chi connectivity index (χ1) is 16.0. The monoisotopic (exact) mass is 462 g/mol. The van der Waals surface area contributed by atoms with E-state index in [9.17, 15) is 9.59 Å². The lowest BCUT2D eigenvalue weighted by Crippen LogP contribution is -2.49. The van der Waals surface area contributed by atoms with Gasteiger partial charge in [-0.3, -0.25) is 9.59 Å². The van der Waals surface area contributed by atoms with Crippen molar-refractivity contribution >= 4 is 29.1 Å². The van der Waals surface area contributed by atoms with E-state index in [1.165, 1.54) is 14.2 Å². The van der Waals surface area contributed by atoms with E-state index < -0.39 is 12.0 Å². The summed E-state index contributed by atoms with van der Waals surface area (Å²) in [5, 5.41) is 3.54. The Hall–Kier alpha value is -3.51. The minimum absolute atomic E-state index is 0.114. The lowest BCUT2D eigenvalue weighted by atomic mass is 9.75. The molecule has 3 aromatic rings. The number of nitrogens with zero attached hydrogens (tertiary/aromatic N) is 1. The molecule has 0 saturated carbocycles. The van der Waals surface area contributed by atoms with Crippen LogP contribution in [0.25, 0.3) is 0 Å². The van der Waals surface area contributed by atoms with Gasteiger partial charge in [-0.05, 0) is 53.4 Å². The van der Waals surface area contributed by atoms with Gasteiger partial charge in [-0.2, -0.15) is 0 Å². The average molecular weight is 463 g/mol. The van der Waals surface area contributed by atoms with Crippen molar-refractivity contribution in [3.8, 4) is 11.5 Å². The summed E-state index contributed by atoms with van der Waals surface area (Å²) < 4.78 is 10.9. The molecule has 7 heteroatoms. The first kappa shape index (κ1) is 21.3. The molecule has 0 bridgehead atoms. The number of ether oxygens (including phenoxy) is 2. The number of nitrogens with one attached hydrogen (secondary N) is 1. The van der Waals surface area contributed by atoms with Crippen molar-refractivity contribution in [1.82, 2.24) is 4.90 Å². The molecule has 2 amide bonds. The first-order valence-electron chi connectivity index (χ1n) is 10.7. The maximum Gasteiger partial charge on any atom is 0.254 e. The highest BCUT2D eigenvalue weighted by atomic mass is 35.5. The highest BCUT2D eigenvalue weighted by molar-refractivity contribution is 6.30. The number of rotatable bonds is 4. The van der Waals surface area contributed by atoms with E-state index in [4.69, 9.17) is 21.1 Å². The standard InChI is InChI=1S/C26H23ClN2O4/c1-32-21-13-19-20(14-22(21)33-2)26(31)29-11-10-15-6-3-4-9-18(15)24(29)23(19)25(30)28-17-8-5-7-16(27)12-17/h3-9,12-14,23-24H,10-11H2,1-2H3,(H,28,30)/t23-,24+/m1/s1. The number of hydrogen-bond acceptors (Lipinski definition) is 4. The average Bonchev–Trinajstić information content (AvgIpc) is 2.83. The SMILES string of the molecule is COc1cc2c(cc1OC)[C@@H](C(=O)Nc1cccc(Cl)c1)[C@@H]1c3ccccc3CCN1C2=O. The number of methoxy groups -OCH3 is 2. The molecule has 33 heavy (non-hydrogen) atoms. The summed E-state index contributed by atoms with van der Waals surface area (Å²) in [5.41, 5.74) is 3.81. The smallest absolute Gasteiger partial charge is 0.254 e. The molecule has 0 aliphatic carbocycles. The van der Waals surface area contributed by atoms with Crippen molar-refractivity contribution in [2.24, 2.45) is 0 Å². The molecule has 0 saturated heterocycles. The maximum atomic E-state index is 13.8. The number of hydrogen-bond donors (Lipinski definition) is 1. The Labute approximate surface area is 197 Å². The predicted octanol–water partition coefficient (Wildman–Crippen LogP) is 4.83. The van der Waals surface area contributed by atoms with Crippen LogP contribution in [-0.4, -0.2) is 37.5 Å². The van der Waals surface area contributed by atoms with Gasteiger partial charge in [0.05, 0.1) is 26.2 Å². The largest absolute Gasteiger partial charge is 0.493 e. The summed E-state index contributed by atoms with van der Waals surface area (Å²) in [6.07, 6.45) is 0.740. The van der Waals surface area contributed by atoms with Crippen molar-refractivity contribution in [3.63, 3.8) is 0 Å². The van der Waals surface area contributed by atoms with E-state index in [1.54, 1.807) is 41.3 Å². The van der Waals surface area contributed by atoms with Crippen LogP contribution in [0.4, 0.5) is 5.69 Å². The summed E-state index contributed by atoms with van der Waals surface area (Å²) >= 11 is 6.13. The number of benzene rings is 3. The number of amides is 2. The van der Waals surface area contributed by atoms with Crippen molar-refractivity contribution in [2.45, 2.75) is 18.4 Å². The van der Waals surface area contributed by atoms with Gasteiger partial charge in [0.25, 0.3) is 5.91 Å². The quantitative estimate of drug-likeness (QED) is 0.602. The van der Waals surface area contributed by atoms with Crippen LogP contribution >= 0.6 is 11.6 Å². The van der Waals surface area contributed by atoms with Crippen LogP contribution in [0.15, 0.2) is 60.7 Å². The van der Waals surface area contributed by atoms with Crippen LogP contribution in [0.5, 0.6) is 11.5 Å². The Balaban J connectivity index is 1.68. The molecule has 2 aliphatic heterocycles. The molecule has 0 aromatic heterocycles. The normalized spacial score (nSPS) is 18.6. The molecule has 1 N–H and O–H groups in total. The Morgan fingerprint density at radius 2 is 1.76 bits per heavy atom. The number of carbonyl (C=O) groups excluding carboxylic acids is 2. The van der Waals surface area contributed by atoms with E-state index in [-0.39, 0.29) is 11.8 Å². The third-order valence-electron chi connectivity index (χ3n) is 6.40. The van der Waals surface area contributed by atoms with Crippen molar-refractivity contribution in [3.05, 3.63) is 87.9 Å². The van der Waals surface area contributed by atoms with Gasteiger partial charge >= 0.3 is 0 Å². The molecule has 168 valence electrons. The molecule has 2 aliphatic rings. The second-order valence-corrected chi connectivity index (χ2v) is 8.60. The molecule has 2 heterocycles. The van der Waals surface area contributed by atoms with Gasteiger partial charge < -0.3 is 19.7 Å². The lowest BCUT2D eigenvalue weighted by molar-refractivity contribution is -0.119. The third kappa shape index (κ3) is 3.60. The topological polar surface area (TPSA) is 67.9 Å². The highest BCUT2D eigenvalue weighted by Gasteiger charge is 2.47. The van der Waals surface area contributed by atoms with Crippen molar-refractivity contribution < 1.29 is 19.1 Å². The summed E-state index contributed by atoms with van der Waals surface area (Å²) in [4.78, 5) is 29.2. The zero-order chi connectivity index (χ0) is 23.1. The van der Waals surface area contributed by atoms with E-state index in [0.717, 1.165) is 17.5 Å². The van der Waals surface area contributed by atoms with Gasteiger partial charge in [0, 0.05) is 22.8 Å². The predicted molar refractivity (Wildman–Crippen MR) is 126 cm³/mol. The number of carbonyl (C=O) groups is 2. The molecule has 0 unspecified atom stereocenters. The van der Waals surface area contributed by atoms with Gasteiger partial charge in [0.15, 0.2) is 11.5 Å². The van der Waals surface area contributed by atoms with Gasteiger partial charge in [0.2, 0.25) is 5.91 Å². The van der Waals surface area contributed by atoms with Crippen LogP contribution in [-0.2, 0) is 11.2 Å². The van der Waals surface area contributed by atoms with Crippen molar-refractivity contribution in [2.75, 3.05) is 26.1 Å². The van der Waals surface area contributed by atoms with Crippen molar-refractivity contribution in [1.29, 1.82) is 0 Å². The first-order valence-corrected chi connectivity index (χ1v) is 11.1. The minimum atomic E-state index is -0.641. The zero-order valence-electron chi connectivity index (χ0n) is 18.3. The van der Waals surface area contributed by atoms with Crippen LogP contribution in [0.1, 0.15) is 39.0 Å². The summed E-state index contributed by atoms with van der Waals surface area (Å²) in [6.45, 7) is 0.537. The molecule has 0 fully saturated rings. The Morgan fingerprint density at radius 3 is 2.52 bits per heavy atom. The van der Waals surface area contributed by atoms with Gasteiger partial charge in [-0.15, -0.1) is 0 Å². The van der Waals surface area contributed by atoms with Gasteiger partial charge in [0.1, 0.15) is 0 Å². The van der Waals surface area contributed by atoms with E-state index in [1.807, 2.05) is 18.2 Å². The molecular weight excluding hydrogens is 440 g/mol. The second kappa shape index (κ2) is 8.45. The summed E-state index contributed by atoms with van der Waals surface area (Å²) in [6, 6.07) is 18.0. The zero-order valence-corrected chi connectivity index (χ0v) is 19.1. The fourth-order valence-electron chi connectivity index (χ4n) is 4.92. The number of halogens is 1. The molecule has 0 radical (unpaired) electrons. The Kier molecular flexibility index (Phi) is 5.46. The van der Waals surface area contributed by atoms with Crippen LogP contribution in [0.2, 0.25) is 5.02 Å². The highest BCUT2D eigenvalue weighted by Crippen LogP contribution is 2.48. The number of anilines is 1. The second-order valence-electron chi connectivity index (χ2n) is 8.16. The lowest BCUT2D eigenvalue weighted by Gasteiger charge is -2.45. The van der Waals surface area contributed by atoms with Crippen LogP contribution in [0.3, 0.4) is 0 Å². The van der Waals surface area contributed by atoms with Crippen LogP contribution < -0.4 is 14.8 Å². The van der Waals surface area contributed by atoms with Gasteiger partial charge in [-0.1, -0.05) is 41.9 Å². The Morgan fingerprint density at radius 1 is 1.00 bits per heavy atom. The minimum Gasteiger partial charge on any atom is -0.493 e. The Bertz CT molecular complexity index is 1260.